The van der Waals surface area contributed by atoms with Gasteiger partial charge in [0.25, 0.3) is 10.0 Å². The predicted molar refractivity (Wildman–Crippen MR) is 83.4 cm³/mol. The Morgan fingerprint density at radius 1 is 1.17 bits per heavy atom. The van der Waals surface area contributed by atoms with Crippen LogP contribution in [0.15, 0.2) is 60.0 Å². The van der Waals surface area contributed by atoms with Crippen LogP contribution in [0.25, 0.3) is 11.4 Å². The minimum absolute atomic E-state index is 0.0585. The summed E-state index contributed by atoms with van der Waals surface area (Å²) in [4.78, 5) is 7.94. The second-order valence-corrected chi connectivity index (χ2v) is 6.39. The summed E-state index contributed by atoms with van der Waals surface area (Å²) in [6.45, 7) is 2.48. The zero-order valence-corrected chi connectivity index (χ0v) is 13.1. The lowest BCUT2D eigenvalue weighted by molar-refractivity contribution is 0.340. The lowest BCUT2D eigenvalue weighted by atomic mass is 10.2. The fourth-order valence-electron chi connectivity index (χ4n) is 1.97. The Kier molecular flexibility index (Phi) is 4.07. The maximum Gasteiger partial charge on any atom is 0.285 e. The Morgan fingerprint density at radius 2 is 1.96 bits per heavy atom. The average molecular weight is 330 g/mol. The lowest BCUT2D eigenvalue weighted by Crippen LogP contribution is -2.13. The molecule has 0 saturated carbocycles. The topological polar surface area (TPSA) is 87.0 Å². The normalized spacial score (nSPS) is 11.3. The summed E-state index contributed by atoms with van der Waals surface area (Å²) in [7, 11) is -3.79. The van der Waals surface area contributed by atoms with Crippen LogP contribution >= 0.6 is 0 Å². The van der Waals surface area contributed by atoms with Gasteiger partial charge in [-0.25, -0.2) is 4.98 Å². The van der Waals surface area contributed by atoms with Crippen LogP contribution in [0.5, 0.6) is 5.75 Å². The molecular weight excluding hydrogens is 316 g/mol. The van der Waals surface area contributed by atoms with Crippen LogP contribution < -0.4 is 4.74 Å². The zero-order chi connectivity index (χ0) is 16.3. The maximum absolute atomic E-state index is 12.4. The monoisotopic (exact) mass is 330 g/mol. The highest BCUT2D eigenvalue weighted by Gasteiger charge is 2.19. The van der Waals surface area contributed by atoms with E-state index in [-0.39, 0.29) is 4.90 Å². The SMILES string of the molecule is CCOc1ccc(-c2ncn(S(=O)(=O)c3cccnc3)n2)cc1. The average Bonchev–Trinajstić information content (AvgIpc) is 3.07. The Balaban J connectivity index is 1.91. The molecule has 0 saturated heterocycles. The van der Waals surface area contributed by atoms with Crippen LogP contribution in [-0.4, -0.2) is 34.2 Å². The standard InChI is InChI=1S/C15H14N4O3S/c1-2-22-13-7-5-12(6-8-13)15-17-11-19(18-15)23(20,21)14-4-3-9-16-10-14/h3-11H,2H2,1H3. The molecule has 0 unspecified atom stereocenters. The van der Waals surface area contributed by atoms with Gasteiger partial charge in [0.1, 0.15) is 17.0 Å². The van der Waals surface area contributed by atoms with Gasteiger partial charge in [-0.05, 0) is 43.3 Å². The van der Waals surface area contributed by atoms with Crippen LogP contribution in [-0.2, 0) is 10.0 Å². The highest BCUT2D eigenvalue weighted by molar-refractivity contribution is 7.89. The quantitative estimate of drug-likeness (QED) is 0.711. The first-order valence-electron chi connectivity index (χ1n) is 6.92. The molecule has 0 aliphatic carbocycles. The van der Waals surface area contributed by atoms with Gasteiger partial charge in [-0.2, -0.15) is 8.42 Å². The summed E-state index contributed by atoms with van der Waals surface area (Å²) in [5.74, 6) is 1.05. The fraction of sp³-hybridized carbons (Fsp3) is 0.133. The van der Waals surface area contributed by atoms with E-state index < -0.39 is 10.0 Å². The minimum Gasteiger partial charge on any atom is -0.494 e. The summed E-state index contributed by atoms with van der Waals surface area (Å²) in [6, 6.07) is 10.1. The van der Waals surface area contributed by atoms with Gasteiger partial charge < -0.3 is 4.74 Å². The van der Waals surface area contributed by atoms with Crippen LogP contribution in [0.3, 0.4) is 0 Å². The highest BCUT2D eigenvalue weighted by Crippen LogP contribution is 2.20. The molecule has 0 bridgehead atoms. The van der Waals surface area contributed by atoms with Crippen LogP contribution in [0.4, 0.5) is 0 Å². The fourth-order valence-corrected chi connectivity index (χ4v) is 2.99. The number of pyridine rings is 1. The van der Waals surface area contributed by atoms with Gasteiger partial charge in [0, 0.05) is 18.0 Å². The van der Waals surface area contributed by atoms with E-state index in [0.717, 1.165) is 9.84 Å². The van der Waals surface area contributed by atoms with Crippen LogP contribution in [0, 0.1) is 0 Å². The summed E-state index contributed by atoms with van der Waals surface area (Å²) in [5.41, 5.74) is 0.702. The summed E-state index contributed by atoms with van der Waals surface area (Å²) < 4.78 is 31.0. The smallest absolute Gasteiger partial charge is 0.285 e. The van der Waals surface area contributed by atoms with Gasteiger partial charge in [0.15, 0.2) is 5.82 Å². The number of ether oxygens (including phenoxy) is 1. The Hall–Kier alpha value is -2.74. The lowest BCUT2D eigenvalue weighted by Gasteiger charge is -2.03. The second-order valence-electron chi connectivity index (χ2n) is 4.59. The molecule has 8 heteroatoms. The molecule has 0 spiro atoms. The number of rotatable bonds is 5. The maximum atomic E-state index is 12.4. The molecule has 0 N–H and O–H groups in total. The van der Waals surface area contributed by atoms with Crippen molar-refractivity contribution in [3.05, 3.63) is 55.1 Å². The van der Waals surface area contributed by atoms with Gasteiger partial charge in [0.2, 0.25) is 0 Å². The van der Waals surface area contributed by atoms with Crippen molar-refractivity contribution in [2.75, 3.05) is 6.61 Å². The summed E-state index contributed by atoms with van der Waals surface area (Å²) >= 11 is 0. The molecule has 7 nitrogen and oxygen atoms in total. The molecule has 0 aliphatic rings. The van der Waals surface area contributed by atoms with Crippen molar-refractivity contribution in [3.8, 4) is 17.1 Å². The molecule has 118 valence electrons. The van der Waals surface area contributed by atoms with E-state index in [1.165, 1.54) is 24.8 Å². The second kappa shape index (κ2) is 6.17. The minimum atomic E-state index is -3.79. The van der Waals surface area contributed by atoms with Crippen LogP contribution in [0.2, 0.25) is 0 Å². The molecule has 0 amide bonds. The van der Waals surface area contributed by atoms with Crippen molar-refractivity contribution >= 4 is 10.0 Å². The van der Waals surface area contributed by atoms with Crippen molar-refractivity contribution < 1.29 is 13.2 Å². The molecule has 0 atom stereocenters. The number of hydrogen-bond acceptors (Lipinski definition) is 6. The molecule has 0 fully saturated rings. The molecule has 2 heterocycles. The molecule has 3 aromatic rings. The molecule has 1 aromatic carbocycles. The predicted octanol–water partition coefficient (Wildman–Crippen LogP) is 1.98. The van der Waals surface area contributed by atoms with E-state index in [1.807, 2.05) is 6.92 Å². The van der Waals surface area contributed by atoms with E-state index in [2.05, 4.69) is 15.1 Å². The number of hydrogen-bond donors (Lipinski definition) is 0. The van der Waals surface area contributed by atoms with Gasteiger partial charge in [-0.15, -0.1) is 9.19 Å². The first-order chi connectivity index (χ1) is 11.1. The van der Waals surface area contributed by atoms with E-state index in [9.17, 15) is 8.42 Å². The van der Waals surface area contributed by atoms with Gasteiger partial charge in [-0.1, -0.05) is 0 Å². The molecular formula is C15H14N4O3S. The third-order valence-corrected chi connectivity index (χ3v) is 4.58. The Labute approximate surface area is 133 Å². The van der Waals surface area contributed by atoms with Crippen molar-refractivity contribution in [3.63, 3.8) is 0 Å². The van der Waals surface area contributed by atoms with E-state index in [1.54, 1.807) is 30.3 Å². The molecule has 2 aromatic heterocycles. The zero-order valence-electron chi connectivity index (χ0n) is 12.3. The van der Waals surface area contributed by atoms with Gasteiger partial charge in [0.05, 0.1) is 6.61 Å². The Morgan fingerprint density at radius 3 is 2.61 bits per heavy atom. The summed E-state index contributed by atoms with van der Waals surface area (Å²) in [5, 5.41) is 4.05. The van der Waals surface area contributed by atoms with Gasteiger partial charge in [-0.3, -0.25) is 4.98 Å². The molecule has 0 radical (unpaired) electrons. The van der Waals surface area contributed by atoms with Crippen molar-refractivity contribution in [1.29, 1.82) is 0 Å². The van der Waals surface area contributed by atoms with Crippen molar-refractivity contribution in [2.45, 2.75) is 11.8 Å². The van der Waals surface area contributed by atoms with E-state index in [0.29, 0.717) is 18.0 Å². The molecule has 0 aliphatic heterocycles. The highest BCUT2D eigenvalue weighted by atomic mass is 32.2. The third-order valence-electron chi connectivity index (χ3n) is 3.07. The number of nitrogens with zero attached hydrogens (tertiary/aromatic N) is 4. The first kappa shape index (κ1) is 15.2. The number of aromatic nitrogens is 4. The number of benzene rings is 1. The van der Waals surface area contributed by atoms with E-state index in [4.69, 9.17) is 4.74 Å². The third kappa shape index (κ3) is 3.07. The molecule has 3 rings (SSSR count). The van der Waals surface area contributed by atoms with Crippen LogP contribution in [0.1, 0.15) is 6.92 Å². The largest absolute Gasteiger partial charge is 0.494 e. The van der Waals surface area contributed by atoms with Gasteiger partial charge >= 0.3 is 0 Å². The van der Waals surface area contributed by atoms with Crippen molar-refractivity contribution in [2.24, 2.45) is 0 Å². The summed E-state index contributed by atoms with van der Waals surface area (Å²) in [6.07, 6.45) is 3.95. The first-order valence-corrected chi connectivity index (χ1v) is 8.36. The Bertz CT molecular complexity index is 890. The molecule has 23 heavy (non-hydrogen) atoms. The van der Waals surface area contributed by atoms with E-state index >= 15 is 0 Å². The van der Waals surface area contributed by atoms with Crippen molar-refractivity contribution in [1.82, 2.24) is 19.2 Å².